The minimum absolute atomic E-state index is 0.584. The van der Waals surface area contributed by atoms with E-state index in [9.17, 15) is 0 Å². The summed E-state index contributed by atoms with van der Waals surface area (Å²) in [5, 5.41) is 3.81. The molecule has 0 radical (unpaired) electrons. The molecule has 0 aromatic carbocycles. The van der Waals surface area contributed by atoms with Crippen LogP contribution in [0.3, 0.4) is 0 Å². The quantitative estimate of drug-likeness (QED) is 0.749. The fourth-order valence-electron chi connectivity index (χ4n) is 3.02. The van der Waals surface area contributed by atoms with Crippen molar-refractivity contribution in [3.63, 3.8) is 0 Å². The van der Waals surface area contributed by atoms with Gasteiger partial charge in [-0.3, -0.25) is 0 Å². The maximum absolute atomic E-state index is 3.81. The average molecular weight is 209 g/mol. The summed E-state index contributed by atoms with van der Waals surface area (Å²) >= 11 is 0. The lowest BCUT2D eigenvalue weighted by Gasteiger charge is -2.40. The van der Waals surface area contributed by atoms with Gasteiger partial charge in [-0.2, -0.15) is 0 Å². The summed E-state index contributed by atoms with van der Waals surface area (Å²) in [4.78, 5) is 0. The highest BCUT2D eigenvalue weighted by Crippen LogP contribution is 2.45. The zero-order valence-electron chi connectivity index (χ0n) is 10.9. The van der Waals surface area contributed by atoms with Gasteiger partial charge in [0.25, 0.3) is 0 Å². The predicted molar refractivity (Wildman–Crippen MR) is 65.9 cm³/mol. The first-order valence-corrected chi connectivity index (χ1v) is 6.64. The van der Waals surface area contributed by atoms with E-state index >= 15 is 0 Å². The third kappa shape index (κ3) is 2.96. The minimum atomic E-state index is 0.584. The Bertz CT molecular complexity index is 227. The smallest absolute Gasteiger partial charge is 0.00933 e. The van der Waals surface area contributed by atoms with E-state index in [0.29, 0.717) is 10.8 Å². The van der Waals surface area contributed by atoms with Crippen molar-refractivity contribution < 1.29 is 0 Å². The van der Waals surface area contributed by atoms with E-state index < -0.39 is 0 Å². The van der Waals surface area contributed by atoms with Crippen molar-refractivity contribution in [1.82, 2.24) is 5.32 Å². The van der Waals surface area contributed by atoms with E-state index in [4.69, 9.17) is 0 Å². The van der Waals surface area contributed by atoms with E-state index in [2.05, 4.69) is 33.0 Å². The Balaban J connectivity index is 1.78. The van der Waals surface area contributed by atoms with Crippen molar-refractivity contribution in [3.8, 4) is 0 Å². The van der Waals surface area contributed by atoms with Crippen LogP contribution in [-0.4, -0.2) is 12.6 Å². The molecule has 15 heavy (non-hydrogen) atoms. The molecular formula is C14H27N. The molecule has 2 atom stereocenters. The molecule has 88 valence electrons. The Morgan fingerprint density at radius 3 is 2.33 bits per heavy atom. The topological polar surface area (TPSA) is 12.0 Å². The fourth-order valence-corrected chi connectivity index (χ4v) is 3.02. The second-order valence-electron chi connectivity index (χ2n) is 7.18. The first-order chi connectivity index (χ1) is 6.90. The SMILES string of the molecule is CC1CC(C)(C)CCC1NCC1(C)CC1. The summed E-state index contributed by atoms with van der Waals surface area (Å²) in [6.45, 7) is 10.9. The second kappa shape index (κ2) is 3.76. The van der Waals surface area contributed by atoms with Crippen LogP contribution < -0.4 is 5.32 Å². The number of hydrogen-bond donors (Lipinski definition) is 1. The molecule has 1 heteroatoms. The third-order valence-electron chi connectivity index (χ3n) is 4.59. The summed E-state index contributed by atoms with van der Waals surface area (Å²) in [6.07, 6.45) is 7.04. The van der Waals surface area contributed by atoms with Crippen LogP contribution in [0.15, 0.2) is 0 Å². The van der Waals surface area contributed by atoms with Gasteiger partial charge in [0.1, 0.15) is 0 Å². The molecule has 0 spiro atoms. The number of rotatable bonds is 3. The lowest BCUT2D eigenvalue weighted by molar-refractivity contribution is 0.145. The largest absolute Gasteiger partial charge is 0.313 e. The summed E-state index contributed by atoms with van der Waals surface area (Å²) < 4.78 is 0. The van der Waals surface area contributed by atoms with Gasteiger partial charge >= 0.3 is 0 Å². The van der Waals surface area contributed by atoms with Crippen LogP contribution in [0.25, 0.3) is 0 Å². The third-order valence-corrected chi connectivity index (χ3v) is 4.59. The molecule has 2 rings (SSSR count). The Hall–Kier alpha value is -0.0400. The molecular weight excluding hydrogens is 182 g/mol. The van der Waals surface area contributed by atoms with Crippen LogP contribution in [0.2, 0.25) is 0 Å². The van der Waals surface area contributed by atoms with Crippen molar-refractivity contribution in [2.75, 3.05) is 6.54 Å². The van der Waals surface area contributed by atoms with Crippen molar-refractivity contribution in [1.29, 1.82) is 0 Å². The number of hydrogen-bond acceptors (Lipinski definition) is 1. The molecule has 2 fully saturated rings. The van der Waals surface area contributed by atoms with Gasteiger partial charge in [0, 0.05) is 12.6 Å². The summed E-state index contributed by atoms with van der Waals surface area (Å²) in [6, 6.07) is 0.787. The first-order valence-electron chi connectivity index (χ1n) is 6.64. The zero-order chi connectivity index (χ0) is 11.1. The highest BCUT2D eigenvalue weighted by atomic mass is 14.9. The monoisotopic (exact) mass is 209 g/mol. The van der Waals surface area contributed by atoms with E-state index in [1.165, 1.54) is 38.6 Å². The van der Waals surface area contributed by atoms with Gasteiger partial charge in [0.05, 0.1) is 0 Å². The van der Waals surface area contributed by atoms with Crippen LogP contribution in [0.5, 0.6) is 0 Å². The normalized spacial score (nSPS) is 37.6. The van der Waals surface area contributed by atoms with Crippen molar-refractivity contribution in [2.24, 2.45) is 16.7 Å². The van der Waals surface area contributed by atoms with Crippen LogP contribution in [0, 0.1) is 16.7 Å². The van der Waals surface area contributed by atoms with E-state index in [-0.39, 0.29) is 0 Å². The molecule has 2 aliphatic carbocycles. The molecule has 1 nitrogen and oxygen atoms in total. The van der Waals surface area contributed by atoms with Gasteiger partial charge < -0.3 is 5.32 Å². The standard InChI is InChI=1S/C14H27N/c1-11-9-13(2,3)6-5-12(11)15-10-14(4)7-8-14/h11-12,15H,5-10H2,1-4H3. The predicted octanol–water partition coefficient (Wildman–Crippen LogP) is 3.59. The molecule has 0 aromatic rings. The van der Waals surface area contributed by atoms with Crippen LogP contribution in [-0.2, 0) is 0 Å². The lowest BCUT2D eigenvalue weighted by Crippen LogP contribution is -2.43. The van der Waals surface area contributed by atoms with Gasteiger partial charge in [-0.25, -0.2) is 0 Å². The molecule has 2 aliphatic rings. The minimum Gasteiger partial charge on any atom is -0.313 e. The zero-order valence-corrected chi connectivity index (χ0v) is 10.9. The molecule has 0 bridgehead atoms. The van der Waals surface area contributed by atoms with E-state index in [0.717, 1.165) is 12.0 Å². The summed E-state index contributed by atoms with van der Waals surface area (Å²) in [5.41, 5.74) is 1.24. The Morgan fingerprint density at radius 1 is 1.13 bits per heavy atom. The maximum atomic E-state index is 3.81. The lowest BCUT2D eigenvalue weighted by atomic mass is 9.70. The Kier molecular flexibility index (Phi) is 2.87. The van der Waals surface area contributed by atoms with Crippen LogP contribution in [0.4, 0.5) is 0 Å². The maximum Gasteiger partial charge on any atom is 0.00933 e. The van der Waals surface area contributed by atoms with Gasteiger partial charge in [-0.05, 0) is 48.9 Å². The van der Waals surface area contributed by atoms with E-state index in [1.807, 2.05) is 0 Å². The average Bonchev–Trinajstić information content (AvgIpc) is 2.81. The number of nitrogens with one attached hydrogen (secondary N) is 1. The molecule has 1 N–H and O–H groups in total. The van der Waals surface area contributed by atoms with Crippen LogP contribution in [0.1, 0.15) is 59.8 Å². The summed E-state index contributed by atoms with van der Waals surface area (Å²) in [7, 11) is 0. The van der Waals surface area contributed by atoms with Gasteiger partial charge in [-0.1, -0.05) is 27.7 Å². The Labute approximate surface area is 95.0 Å². The molecule has 0 heterocycles. The first kappa shape index (κ1) is 11.4. The van der Waals surface area contributed by atoms with E-state index in [1.54, 1.807) is 0 Å². The molecule has 2 unspecified atom stereocenters. The molecule has 0 aliphatic heterocycles. The molecule has 0 saturated heterocycles. The van der Waals surface area contributed by atoms with Gasteiger partial charge in [0.2, 0.25) is 0 Å². The second-order valence-corrected chi connectivity index (χ2v) is 7.18. The molecule has 2 saturated carbocycles. The summed E-state index contributed by atoms with van der Waals surface area (Å²) in [5.74, 6) is 0.857. The highest BCUT2D eigenvalue weighted by Gasteiger charge is 2.39. The van der Waals surface area contributed by atoms with Crippen molar-refractivity contribution in [2.45, 2.75) is 65.8 Å². The van der Waals surface area contributed by atoms with Crippen molar-refractivity contribution in [3.05, 3.63) is 0 Å². The highest BCUT2D eigenvalue weighted by molar-refractivity contribution is 4.93. The van der Waals surface area contributed by atoms with Gasteiger partial charge in [-0.15, -0.1) is 0 Å². The van der Waals surface area contributed by atoms with Crippen LogP contribution >= 0.6 is 0 Å². The fraction of sp³-hybridized carbons (Fsp3) is 1.00. The van der Waals surface area contributed by atoms with Gasteiger partial charge in [0.15, 0.2) is 0 Å². The molecule has 0 amide bonds. The molecule has 0 aromatic heterocycles. The van der Waals surface area contributed by atoms with Crippen molar-refractivity contribution >= 4 is 0 Å². The Morgan fingerprint density at radius 2 is 1.80 bits per heavy atom.